The van der Waals surface area contributed by atoms with E-state index in [1.165, 1.54) is 0 Å². The number of hydrogen-bond acceptors (Lipinski definition) is 1. The maximum Gasteiger partial charge on any atom is 0.381 e. The van der Waals surface area contributed by atoms with Crippen LogP contribution in [0.15, 0.2) is 0 Å². The second-order valence-corrected chi connectivity index (χ2v) is 0.799. The molecule has 0 aromatic rings. The van der Waals surface area contributed by atoms with Crippen molar-refractivity contribution >= 4 is 0 Å². The zero-order valence-corrected chi connectivity index (χ0v) is 9.89. The van der Waals surface area contributed by atoms with Gasteiger partial charge in [-0.1, -0.05) is 0 Å². The SMILES string of the molecule is OC(F)(F)CF.[Rf]. The van der Waals surface area contributed by atoms with Crippen LogP contribution in [-0.4, -0.2) is 17.9 Å². The van der Waals surface area contributed by atoms with Crippen molar-refractivity contribution in [1.29, 1.82) is 0 Å². The Hall–Kier alpha value is -1.25. The summed E-state index contributed by atoms with van der Waals surface area (Å²) in [6, 6.07) is 0. The van der Waals surface area contributed by atoms with Gasteiger partial charge in [-0.3, -0.25) is 0 Å². The Morgan fingerprint density at radius 3 is 1.57 bits per heavy atom. The molecular weight excluding hydrogens is 364 g/mol. The summed E-state index contributed by atoms with van der Waals surface area (Å²) < 4.78 is 31.8. The molecule has 0 unspecified atom stereocenters. The van der Waals surface area contributed by atoms with Crippen molar-refractivity contribution in [2.24, 2.45) is 0 Å². The van der Waals surface area contributed by atoms with Gasteiger partial charge in [-0.25, -0.2) is 4.39 Å². The van der Waals surface area contributed by atoms with Crippen LogP contribution in [0.2, 0.25) is 0 Å². The van der Waals surface area contributed by atoms with Crippen LogP contribution in [0, 0.1) is 0 Å². The van der Waals surface area contributed by atoms with E-state index < -0.39 is 12.8 Å². The predicted octanol–water partition coefficient (Wildman–Crippen LogP) is 0.541. The maximum atomic E-state index is 10.6. The molecule has 5 heteroatoms. The fraction of sp³-hybridized carbons (Fsp3) is 1.00. The van der Waals surface area contributed by atoms with E-state index in [0.29, 0.717) is 0 Å². The fourth-order valence-electron chi connectivity index (χ4n) is 0. The Morgan fingerprint density at radius 1 is 1.43 bits per heavy atom. The number of alkyl halides is 3. The molecule has 0 heterocycles. The van der Waals surface area contributed by atoms with Gasteiger partial charge in [-0.05, 0) is 0 Å². The average Bonchev–Trinajstić information content (AvgIpc) is 1.35. The normalized spacial score (nSPS) is 10.3. The number of hydrogen-bond donors (Lipinski definition) is 1. The molecular formula is C2H3F3ORf. The molecule has 0 aromatic carbocycles. The third-order valence-corrected chi connectivity index (χ3v) is 0.161. The Kier molecular flexibility index (Phi) is 2.66. The van der Waals surface area contributed by atoms with E-state index in [9.17, 15) is 13.2 Å². The quantitative estimate of drug-likeness (QED) is 0.718. The van der Waals surface area contributed by atoms with Gasteiger partial charge in [0.2, 0.25) is 0 Å². The molecule has 0 aliphatic heterocycles. The first-order valence-electron chi connectivity index (χ1n) is 1.22. The van der Waals surface area contributed by atoms with Crippen LogP contribution in [0.1, 0.15) is 0 Å². The molecule has 0 amide bonds. The minimum Gasteiger partial charge on any atom is -0.334 e. The summed E-state index contributed by atoms with van der Waals surface area (Å²) in [5.74, 6) is 0. The predicted molar refractivity (Wildman–Crippen MR) is 13.1 cm³/mol. The number of halogens is 3. The Bertz CT molecular complexity index is 42.7. The maximum absolute atomic E-state index is 10.6. The van der Waals surface area contributed by atoms with Gasteiger partial charge in [0.1, 0.15) is 0 Å². The summed E-state index contributed by atoms with van der Waals surface area (Å²) in [5.41, 5.74) is 0. The zero-order valence-electron chi connectivity index (χ0n) is 3.50. The van der Waals surface area contributed by atoms with Crippen molar-refractivity contribution in [2.75, 3.05) is 6.67 Å². The molecule has 0 aliphatic rings. The largest absolute Gasteiger partial charge is 0.381 e. The van der Waals surface area contributed by atoms with Crippen LogP contribution < -0.4 is 0 Å². The molecule has 0 saturated heterocycles. The Balaban J connectivity index is 0. The molecule has 0 fully saturated rings. The van der Waals surface area contributed by atoms with Crippen LogP contribution in [0.3, 0.4) is 0 Å². The first-order valence-corrected chi connectivity index (χ1v) is 1.22. The van der Waals surface area contributed by atoms with Gasteiger partial charge >= 0.3 is 6.11 Å². The van der Waals surface area contributed by atoms with Crippen molar-refractivity contribution in [3.05, 3.63) is 0 Å². The minimum absolute atomic E-state index is 0. The van der Waals surface area contributed by atoms with Crippen molar-refractivity contribution in [3.63, 3.8) is 0 Å². The van der Waals surface area contributed by atoms with Crippen molar-refractivity contribution in [1.82, 2.24) is 0 Å². The zero-order chi connectivity index (χ0) is 5.21. The van der Waals surface area contributed by atoms with Gasteiger partial charge in [0.15, 0.2) is 6.67 Å². The van der Waals surface area contributed by atoms with E-state index in [0.717, 1.165) is 0 Å². The van der Waals surface area contributed by atoms with Gasteiger partial charge in [0, 0.05) is 0 Å². The van der Waals surface area contributed by atoms with Gasteiger partial charge in [-0.2, -0.15) is 8.78 Å². The van der Waals surface area contributed by atoms with E-state index in [-0.39, 0.29) is 0 Å². The monoisotopic (exact) mass is 367 g/mol. The molecule has 0 radical (unpaired) electrons. The van der Waals surface area contributed by atoms with Crippen LogP contribution in [-0.2, 0) is 0 Å². The van der Waals surface area contributed by atoms with E-state index in [1.54, 1.807) is 0 Å². The second-order valence-electron chi connectivity index (χ2n) is 0.799. The Morgan fingerprint density at radius 2 is 1.57 bits per heavy atom. The second kappa shape index (κ2) is 2.02. The summed E-state index contributed by atoms with van der Waals surface area (Å²) in [4.78, 5) is 0. The van der Waals surface area contributed by atoms with E-state index >= 15 is 0 Å². The van der Waals surface area contributed by atoms with Gasteiger partial charge in [-0.15, -0.1) is 0 Å². The molecule has 1 nitrogen and oxygen atoms in total. The van der Waals surface area contributed by atoms with Crippen LogP contribution in [0.25, 0.3) is 0 Å². The summed E-state index contributed by atoms with van der Waals surface area (Å²) in [5, 5.41) is 7.12. The first-order chi connectivity index (χ1) is 2.56. The summed E-state index contributed by atoms with van der Waals surface area (Å²) in [6.45, 7) is -2.01. The smallest absolute Gasteiger partial charge is 0.334 e. The molecule has 0 aliphatic carbocycles. The molecule has 0 aromatic heterocycles. The van der Waals surface area contributed by atoms with E-state index in [2.05, 4.69) is 0 Å². The molecule has 1 N–H and O–H groups in total. The van der Waals surface area contributed by atoms with Crippen molar-refractivity contribution in [2.45, 2.75) is 6.11 Å². The summed E-state index contributed by atoms with van der Waals surface area (Å²) in [7, 11) is 0. The molecule has 7 heavy (non-hydrogen) atoms. The molecule has 0 rings (SSSR count). The third-order valence-electron chi connectivity index (χ3n) is 0.161. The van der Waals surface area contributed by atoms with Gasteiger partial charge in [0.05, 0.1) is 0 Å². The van der Waals surface area contributed by atoms with Crippen LogP contribution >= 0.6 is 0 Å². The van der Waals surface area contributed by atoms with Gasteiger partial charge < -0.3 is 5.11 Å². The van der Waals surface area contributed by atoms with Crippen molar-refractivity contribution < 1.29 is 18.3 Å². The molecule has 0 saturated carbocycles. The molecule has 40 valence electrons. The van der Waals surface area contributed by atoms with Gasteiger partial charge in [0.25, 0.3) is 0 Å². The van der Waals surface area contributed by atoms with E-state index in [4.69, 9.17) is 5.11 Å². The topological polar surface area (TPSA) is 20.2 Å². The van der Waals surface area contributed by atoms with Crippen LogP contribution in [0.5, 0.6) is 0 Å². The minimum atomic E-state index is -4.12. The summed E-state index contributed by atoms with van der Waals surface area (Å²) in [6.07, 6.45) is -4.12. The third kappa shape index (κ3) is 11.7. The fourth-order valence-corrected chi connectivity index (χ4v) is 0. The average molecular weight is 367 g/mol. The Labute approximate surface area is 32.4 Å². The van der Waals surface area contributed by atoms with Crippen molar-refractivity contribution in [3.8, 4) is 0 Å². The molecule has 0 bridgehead atoms. The molecule has 0 spiro atoms. The number of aliphatic hydroxyl groups is 1. The van der Waals surface area contributed by atoms with E-state index in [1.807, 2.05) is 0 Å². The number of rotatable bonds is 1. The molecule has 0 atom stereocenters. The van der Waals surface area contributed by atoms with Crippen LogP contribution in [0.4, 0.5) is 13.2 Å². The first kappa shape index (κ1) is 9.23. The summed E-state index contributed by atoms with van der Waals surface area (Å²) >= 11 is 0. The standard InChI is InChI=1S/C2H3F3O.Rf/c3-1-2(4,5)6;/h6H,1H2;.